The summed E-state index contributed by atoms with van der Waals surface area (Å²) in [5, 5.41) is 2.64. The Morgan fingerprint density at radius 1 is 1.21 bits per heavy atom. The largest absolute Gasteiger partial charge is 0.496 e. The van der Waals surface area contributed by atoms with Crippen LogP contribution in [0.5, 0.6) is 5.75 Å². The van der Waals surface area contributed by atoms with Crippen LogP contribution in [0.2, 0.25) is 0 Å². The van der Waals surface area contributed by atoms with E-state index in [1.807, 2.05) is 13.8 Å². The van der Waals surface area contributed by atoms with Gasteiger partial charge in [0.25, 0.3) is 5.91 Å². The fourth-order valence-electron chi connectivity index (χ4n) is 2.91. The highest BCUT2D eigenvalue weighted by Gasteiger charge is 2.48. The van der Waals surface area contributed by atoms with Gasteiger partial charge in [-0.2, -0.15) is 0 Å². The number of hydrogen-bond acceptors (Lipinski definition) is 6. The Balaban J connectivity index is 1.93. The Hall–Kier alpha value is -2.90. The lowest BCUT2D eigenvalue weighted by Gasteiger charge is -2.22. The zero-order valence-corrected chi connectivity index (χ0v) is 16.6. The van der Waals surface area contributed by atoms with Crippen LogP contribution < -0.4 is 10.1 Å². The number of nitrogens with one attached hydrogen (secondary N) is 1. The van der Waals surface area contributed by atoms with Crippen molar-refractivity contribution in [3.8, 4) is 5.75 Å². The maximum atomic E-state index is 12.6. The maximum Gasteiger partial charge on any atom is 0.326 e. The maximum absolute atomic E-state index is 12.6. The van der Waals surface area contributed by atoms with Crippen LogP contribution in [0, 0.1) is 5.92 Å². The van der Waals surface area contributed by atoms with E-state index in [0.717, 1.165) is 11.3 Å². The molecule has 0 saturated carbocycles. The van der Waals surface area contributed by atoms with E-state index in [1.165, 1.54) is 7.11 Å². The number of nitrogens with zero attached hydrogens (tertiary/aromatic N) is 1. The second-order valence-corrected chi connectivity index (χ2v) is 7.37. The number of rotatable bonds is 9. The highest BCUT2D eigenvalue weighted by molar-refractivity contribution is 6.08. The van der Waals surface area contributed by atoms with Gasteiger partial charge in [0.15, 0.2) is 6.61 Å². The molecule has 1 N–H and O–H groups in total. The average Bonchev–Trinajstić information content (AvgIpc) is 2.88. The lowest BCUT2D eigenvalue weighted by Crippen LogP contribution is -2.44. The van der Waals surface area contributed by atoms with E-state index in [4.69, 9.17) is 9.47 Å². The molecule has 1 heterocycles. The van der Waals surface area contributed by atoms with Crippen molar-refractivity contribution < 1.29 is 28.7 Å². The minimum atomic E-state index is -1.03. The molecule has 152 valence electrons. The second kappa shape index (κ2) is 8.86. The summed E-state index contributed by atoms with van der Waals surface area (Å²) in [6.45, 7) is 4.65. The number of benzene rings is 1. The molecule has 1 aromatic rings. The molecular formula is C20H26N2O6. The van der Waals surface area contributed by atoms with Crippen molar-refractivity contribution in [2.24, 2.45) is 5.92 Å². The number of ether oxygens (including phenoxy) is 2. The highest BCUT2D eigenvalue weighted by Crippen LogP contribution is 2.24. The number of carbonyl (C=O) groups excluding carboxylic acids is 4. The minimum Gasteiger partial charge on any atom is -0.496 e. The van der Waals surface area contributed by atoms with Crippen molar-refractivity contribution in [1.29, 1.82) is 0 Å². The third-order valence-corrected chi connectivity index (χ3v) is 4.63. The van der Waals surface area contributed by atoms with E-state index >= 15 is 0 Å². The number of urea groups is 1. The van der Waals surface area contributed by atoms with Crippen LogP contribution >= 0.6 is 0 Å². The summed E-state index contributed by atoms with van der Waals surface area (Å²) in [5.74, 6) is -0.990. The number of imide groups is 1. The molecule has 0 bridgehead atoms. The molecule has 1 saturated heterocycles. The number of carbonyl (C=O) groups is 4. The van der Waals surface area contributed by atoms with Crippen LogP contribution in [0.1, 0.15) is 44.0 Å². The fourth-order valence-corrected chi connectivity index (χ4v) is 2.91. The standard InChI is InChI=1S/C20H26N2O6/c1-13(2)9-10-20(3)18(25)22(19(26)21-20)11-17(24)28-12-15(23)14-7-5-6-8-16(14)27-4/h5-8,13H,9-12H2,1-4H3,(H,21,26)/t20-/m1/s1. The SMILES string of the molecule is COc1ccccc1C(=O)COC(=O)CN1C(=O)N[C@](C)(CCC(C)C)C1=O. The smallest absolute Gasteiger partial charge is 0.326 e. The number of ketones is 1. The van der Waals surface area contributed by atoms with E-state index in [1.54, 1.807) is 31.2 Å². The summed E-state index contributed by atoms with van der Waals surface area (Å²) in [4.78, 5) is 49.8. The monoisotopic (exact) mass is 390 g/mol. The van der Waals surface area contributed by atoms with Gasteiger partial charge in [-0.3, -0.25) is 19.3 Å². The van der Waals surface area contributed by atoms with Crippen molar-refractivity contribution in [3.63, 3.8) is 0 Å². The quantitative estimate of drug-likeness (QED) is 0.394. The first-order chi connectivity index (χ1) is 13.2. The van der Waals surface area contributed by atoms with Gasteiger partial charge in [0.2, 0.25) is 5.78 Å². The van der Waals surface area contributed by atoms with Gasteiger partial charge in [-0.1, -0.05) is 26.0 Å². The first-order valence-corrected chi connectivity index (χ1v) is 9.14. The van der Waals surface area contributed by atoms with Crippen LogP contribution in [0.3, 0.4) is 0 Å². The molecular weight excluding hydrogens is 364 g/mol. The van der Waals surface area contributed by atoms with Gasteiger partial charge < -0.3 is 14.8 Å². The molecule has 2 rings (SSSR count). The second-order valence-electron chi connectivity index (χ2n) is 7.37. The summed E-state index contributed by atoms with van der Waals surface area (Å²) in [7, 11) is 1.44. The van der Waals surface area contributed by atoms with Crippen molar-refractivity contribution in [1.82, 2.24) is 10.2 Å². The minimum absolute atomic E-state index is 0.286. The van der Waals surface area contributed by atoms with Gasteiger partial charge in [-0.15, -0.1) is 0 Å². The van der Waals surface area contributed by atoms with Crippen molar-refractivity contribution in [2.45, 2.75) is 39.2 Å². The predicted octanol–water partition coefficient (Wildman–Crippen LogP) is 2.17. The van der Waals surface area contributed by atoms with Crippen LogP contribution in [0.4, 0.5) is 4.79 Å². The van der Waals surface area contributed by atoms with Crippen molar-refractivity contribution in [2.75, 3.05) is 20.3 Å². The molecule has 8 nitrogen and oxygen atoms in total. The molecule has 1 aromatic carbocycles. The average molecular weight is 390 g/mol. The molecule has 0 aromatic heterocycles. The summed E-state index contributed by atoms with van der Waals surface area (Å²) >= 11 is 0. The third-order valence-electron chi connectivity index (χ3n) is 4.63. The summed E-state index contributed by atoms with van der Waals surface area (Å²) in [5.41, 5.74) is -0.747. The number of para-hydroxylation sites is 1. The lowest BCUT2D eigenvalue weighted by molar-refractivity contribution is -0.146. The summed E-state index contributed by atoms with van der Waals surface area (Å²) in [6.07, 6.45) is 1.24. The predicted molar refractivity (Wildman–Crippen MR) is 101 cm³/mol. The van der Waals surface area contributed by atoms with Crippen LogP contribution in [-0.4, -0.2) is 54.4 Å². The fraction of sp³-hybridized carbons (Fsp3) is 0.500. The van der Waals surface area contributed by atoms with Gasteiger partial charge in [-0.25, -0.2) is 4.79 Å². The number of esters is 1. The summed E-state index contributed by atoms with van der Waals surface area (Å²) in [6, 6.07) is 5.94. The van der Waals surface area contributed by atoms with Crippen LogP contribution in [0.15, 0.2) is 24.3 Å². The Bertz CT molecular complexity index is 776. The van der Waals surface area contributed by atoms with E-state index in [9.17, 15) is 19.2 Å². The Labute approximate surface area is 164 Å². The van der Waals surface area contributed by atoms with Crippen molar-refractivity contribution in [3.05, 3.63) is 29.8 Å². The molecule has 1 aliphatic heterocycles. The van der Waals surface area contributed by atoms with Gasteiger partial charge in [-0.05, 0) is 37.8 Å². The Morgan fingerprint density at radius 3 is 2.54 bits per heavy atom. The van der Waals surface area contributed by atoms with Crippen LogP contribution in [0.25, 0.3) is 0 Å². The molecule has 1 fully saturated rings. The normalized spacial score (nSPS) is 19.0. The molecule has 28 heavy (non-hydrogen) atoms. The molecule has 0 aliphatic carbocycles. The summed E-state index contributed by atoms with van der Waals surface area (Å²) < 4.78 is 10.1. The Kier molecular flexibility index (Phi) is 6.77. The molecule has 0 unspecified atom stereocenters. The molecule has 1 aliphatic rings. The van der Waals surface area contributed by atoms with Gasteiger partial charge >= 0.3 is 12.0 Å². The molecule has 3 amide bonds. The molecule has 8 heteroatoms. The zero-order chi connectivity index (χ0) is 20.9. The Morgan fingerprint density at radius 2 is 1.89 bits per heavy atom. The first kappa shape index (κ1) is 21.4. The number of hydrogen-bond donors (Lipinski definition) is 1. The first-order valence-electron chi connectivity index (χ1n) is 9.14. The molecule has 1 atom stereocenters. The molecule has 0 spiro atoms. The van der Waals surface area contributed by atoms with E-state index in [0.29, 0.717) is 18.1 Å². The number of amides is 3. The van der Waals surface area contributed by atoms with Gasteiger partial charge in [0.1, 0.15) is 17.8 Å². The zero-order valence-electron chi connectivity index (χ0n) is 16.6. The van der Waals surface area contributed by atoms with E-state index in [-0.39, 0.29) is 5.56 Å². The number of Topliss-reactive ketones (excluding diaryl/α,β-unsaturated/α-hetero) is 1. The van der Waals surface area contributed by atoms with Crippen LogP contribution in [-0.2, 0) is 14.3 Å². The van der Waals surface area contributed by atoms with Gasteiger partial charge in [0, 0.05) is 0 Å². The number of methoxy groups -OCH3 is 1. The van der Waals surface area contributed by atoms with E-state index in [2.05, 4.69) is 5.32 Å². The van der Waals surface area contributed by atoms with Gasteiger partial charge in [0.05, 0.1) is 12.7 Å². The van der Waals surface area contributed by atoms with E-state index < -0.39 is 42.4 Å². The molecule has 0 radical (unpaired) electrons. The topological polar surface area (TPSA) is 102 Å². The highest BCUT2D eigenvalue weighted by atomic mass is 16.5. The van der Waals surface area contributed by atoms with Crippen molar-refractivity contribution >= 4 is 23.7 Å². The lowest BCUT2D eigenvalue weighted by atomic mass is 9.92. The third kappa shape index (κ3) is 4.88.